The molecule has 0 spiro atoms. The number of aromatic amines is 1. The molecule has 1 N–H and O–H groups in total. The van der Waals surface area contributed by atoms with Crippen LogP contribution in [0.15, 0.2) is 59.5 Å². The molecule has 0 unspecified atom stereocenters. The van der Waals surface area contributed by atoms with Gasteiger partial charge in [-0.15, -0.1) is 0 Å². The van der Waals surface area contributed by atoms with E-state index in [2.05, 4.69) is 31.0 Å². The molecule has 0 aliphatic carbocycles. The lowest BCUT2D eigenvalue weighted by atomic mass is 10.1. The normalized spacial score (nSPS) is 11.7. The number of rotatable bonds is 5. The van der Waals surface area contributed by atoms with E-state index in [0.29, 0.717) is 17.8 Å². The lowest BCUT2D eigenvalue weighted by Crippen LogP contribution is -2.27. The van der Waals surface area contributed by atoms with E-state index in [-0.39, 0.29) is 5.56 Å². The monoisotopic (exact) mass is 345 g/mol. The lowest BCUT2D eigenvalue weighted by Gasteiger charge is -2.15. The van der Waals surface area contributed by atoms with Crippen molar-refractivity contribution < 1.29 is 0 Å². The van der Waals surface area contributed by atoms with Crippen LogP contribution in [0, 0.1) is 5.92 Å². The minimum atomic E-state index is 0.0612. The third kappa shape index (κ3) is 3.03. The zero-order chi connectivity index (χ0) is 18.1. The molecule has 2 aromatic heterocycles. The van der Waals surface area contributed by atoms with E-state index in [4.69, 9.17) is 4.98 Å². The van der Waals surface area contributed by atoms with Crippen LogP contribution in [0.4, 0.5) is 0 Å². The van der Waals surface area contributed by atoms with Gasteiger partial charge in [0.2, 0.25) is 0 Å². The van der Waals surface area contributed by atoms with Crippen molar-refractivity contribution in [3.8, 4) is 0 Å². The Bertz CT molecular complexity index is 1120. The van der Waals surface area contributed by atoms with Crippen LogP contribution in [0.5, 0.6) is 0 Å². The van der Waals surface area contributed by atoms with Crippen molar-refractivity contribution in [2.75, 3.05) is 0 Å². The van der Waals surface area contributed by atoms with Gasteiger partial charge in [0.1, 0.15) is 5.82 Å². The zero-order valence-corrected chi connectivity index (χ0v) is 15.2. The summed E-state index contributed by atoms with van der Waals surface area (Å²) < 4.78 is 1.87. The van der Waals surface area contributed by atoms with Crippen molar-refractivity contribution in [2.24, 2.45) is 5.92 Å². The first-order valence-electron chi connectivity index (χ1n) is 9.17. The van der Waals surface area contributed by atoms with Gasteiger partial charge in [0.15, 0.2) is 0 Å². The number of hydrogen-bond acceptors (Lipinski definition) is 2. The predicted octanol–water partition coefficient (Wildman–Crippen LogP) is 4.32. The van der Waals surface area contributed by atoms with E-state index in [1.807, 2.05) is 47.2 Å². The molecule has 0 radical (unpaired) electrons. The quantitative estimate of drug-likeness (QED) is 0.586. The van der Waals surface area contributed by atoms with Crippen molar-refractivity contribution in [1.82, 2.24) is 14.5 Å². The summed E-state index contributed by atoms with van der Waals surface area (Å²) in [4.78, 5) is 21.2. The van der Waals surface area contributed by atoms with Gasteiger partial charge in [-0.1, -0.05) is 44.2 Å². The van der Waals surface area contributed by atoms with Crippen molar-refractivity contribution in [2.45, 2.75) is 33.2 Å². The van der Waals surface area contributed by atoms with Gasteiger partial charge in [-0.2, -0.15) is 0 Å². The third-order valence-corrected chi connectivity index (χ3v) is 4.81. The number of aryl methyl sites for hydroxylation is 1. The maximum absolute atomic E-state index is 13.1. The average molecular weight is 345 g/mol. The number of nitrogens with one attached hydrogen (secondary N) is 1. The minimum absolute atomic E-state index is 0.0612. The van der Waals surface area contributed by atoms with Gasteiger partial charge in [-0.3, -0.25) is 9.36 Å². The Balaban J connectivity index is 1.74. The zero-order valence-electron chi connectivity index (χ0n) is 15.2. The molecule has 0 atom stereocenters. The van der Waals surface area contributed by atoms with Crippen LogP contribution in [0.1, 0.15) is 25.2 Å². The van der Waals surface area contributed by atoms with Crippen LogP contribution in [-0.2, 0) is 19.4 Å². The number of fused-ring (bicyclic) bond motifs is 2. The molecule has 0 bridgehead atoms. The fourth-order valence-electron chi connectivity index (χ4n) is 3.54. The van der Waals surface area contributed by atoms with Gasteiger partial charge in [0.25, 0.3) is 5.56 Å². The molecule has 0 aliphatic heterocycles. The van der Waals surface area contributed by atoms with Crippen LogP contribution < -0.4 is 5.56 Å². The molecule has 4 nitrogen and oxygen atoms in total. The SMILES string of the molecule is CC(C)Cc1nc2ccccc2c(=O)n1CCc1c[nH]c2ccccc12. The smallest absolute Gasteiger partial charge is 0.261 e. The van der Waals surface area contributed by atoms with Crippen molar-refractivity contribution >= 4 is 21.8 Å². The minimum Gasteiger partial charge on any atom is -0.361 e. The summed E-state index contributed by atoms with van der Waals surface area (Å²) in [6.45, 7) is 4.96. The van der Waals surface area contributed by atoms with Gasteiger partial charge in [0, 0.05) is 30.1 Å². The molecule has 4 heteroatoms. The van der Waals surface area contributed by atoms with E-state index < -0.39 is 0 Å². The van der Waals surface area contributed by atoms with Gasteiger partial charge in [0.05, 0.1) is 10.9 Å². The van der Waals surface area contributed by atoms with Crippen molar-refractivity contribution in [3.05, 3.63) is 76.5 Å². The van der Waals surface area contributed by atoms with Crippen molar-refractivity contribution in [3.63, 3.8) is 0 Å². The van der Waals surface area contributed by atoms with E-state index in [0.717, 1.165) is 29.7 Å². The molecule has 0 saturated carbocycles. The summed E-state index contributed by atoms with van der Waals surface area (Å²) in [5.41, 5.74) is 3.22. The second kappa shape index (κ2) is 6.79. The summed E-state index contributed by atoms with van der Waals surface area (Å²) in [6.07, 6.45) is 3.65. The highest BCUT2D eigenvalue weighted by Gasteiger charge is 2.13. The largest absolute Gasteiger partial charge is 0.361 e. The molecule has 0 saturated heterocycles. The van der Waals surface area contributed by atoms with E-state index >= 15 is 0 Å². The molecule has 0 fully saturated rings. The first kappa shape index (κ1) is 16.6. The summed E-state index contributed by atoms with van der Waals surface area (Å²) in [5.74, 6) is 1.32. The van der Waals surface area contributed by atoms with Gasteiger partial charge in [-0.05, 0) is 36.1 Å². The maximum atomic E-state index is 13.1. The summed E-state index contributed by atoms with van der Waals surface area (Å²) in [5, 5.41) is 1.92. The number of hydrogen-bond donors (Lipinski definition) is 1. The van der Waals surface area contributed by atoms with E-state index in [1.54, 1.807) is 0 Å². The number of benzene rings is 2. The third-order valence-electron chi connectivity index (χ3n) is 4.81. The molecular formula is C22H23N3O. The summed E-state index contributed by atoms with van der Waals surface area (Å²) >= 11 is 0. The Morgan fingerprint density at radius 1 is 1.04 bits per heavy atom. The fourth-order valence-corrected chi connectivity index (χ4v) is 3.54. The first-order valence-corrected chi connectivity index (χ1v) is 9.17. The van der Waals surface area contributed by atoms with Crippen LogP contribution in [0.2, 0.25) is 0 Å². The van der Waals surface area contributed by atoms with Crippen LogP contribution >= 0.6 is 0 Å². The molecular weight excluding hydrogens is 322 g/mol. The Hall–Kier alpha value is -2.88. The van der Waals surface area contributed by atoms with Crippen molar-refractivity contribution in [1.29, 1.82) is 0 Å². The second-order valence-corrected chi connectivity index (χ2v) is 7.21. The van der Waals surface area contributed by atoms with E-state index in [1.165, 1.54) is 10.9 Å². The van der Waals surface area contributed by atoms with Gasteiger partial charge >= 0.3 is 0 Å². The number of nitrogens with zero attached hydrogens (tertiary/aromatic N) is 2. The number of aromatic nitrogens is 3. The molecule has 132 valence electrons. The maximum Gasteiger partial charge on any atom is 0.261 e. The highest BCUT2D eigenvalue weighted by atomic mass is 16.1. The molecule has 0 aliphatic rings. The van der Waals surface area contributed by atoms with Crippen LogP contribution in [0.3, 0.4) is 0 Å². The Morgan fingerprint density at radius 3 is 2.58 bits per heavy atom. The number of H-pyrrole nitrogens is 1. The average Bonchev–Trinajstić information content (AvgIpc) is 3.04. The molecule has 4 rings (SSSR count). The topological polar surface area (TPSA) is 50.7 Å². The van der Waals surface area contributed by atoms with Gasteiger partial charge < -0.3 is 4.98 Å². The summed E-state index contributed by atoms with van der Waals surface area (Å²) in [7, 11) is 0. The molecule has 26 heavy (non-hydrogen) atoms. The van der Waals surface area contributed by atoms with E-state index in [9.17, 15) is 4.79 Å². The fraction of sp³-hybridized carbons (Fsp3) is 0.273. The van der Waals surface area contributed by atoms with Crippen LogP contribution in [-0.4, -0.2) is 14.5 Å². The molecule has 2 aromatic carbocycles. The summed E-state index contributed by atoms with van der Waals surface area (Å²) in [6, 6.07) is 15.9. The predicted molar refractivity (Wildman–Crippen MR) is 107 cm³/mol. The second-order valence-electron chi connectivity index (χ2n) is 7.21. The highest BCUT2D eigenvalue weighted by molar-refractivity contribution is 5.83. The highest BCUT2D eigenvalue weighted by Crippen LogP contribution is 2.19. The number of para-hydroxylation sites is 2. The van der Waals surface area contributed by atoms with Crippen LogP contribution in [0.25, 0.3) is 21.8 Å². The molecule has 2 heterocycles. The lowest BCUT2D eigenvalue weighted by molar-refractivity contribution is 0.552. The Kier molecular flexibility index (Phi) is 4.33. The molecule has 4 aromatic rings. The standard InChI is InChI=1S/C22H23N3O/c1-15(2)13-21-24-20-10-6-4-8-18(20)22(26)25(21)12-11-16-14-23-19-9-5-3-7-17(16)19/h3-10,14-15,23H,11-13H2,1-2H3. The van der Waals surface area contributed by atoms with Gasteiger partial charge in [-0.25, -0.2) is 4.98 Å². The first-order chi connectivity index (χ1) is 12.6. The Morgan fingerprint density at radius 2 is 1.77 bits per heavy atom. The Labute approximate surface area is 152 Å². The molecule has 0 amide bonds.